The molecule has 0 aromatic carbocycles. The van der Waals surface area contributed by atoms with Crippen LogP contribution in [0.1, 0.15) is 52.4 Å². The molecule has 0 aromatic heterocycles. The van der Waals surface area contributed by atoms with Crippen LogP contribution >= 0.6 is 0 Å². The lowest BCUT2D eigenvalue weighted by atomic mass is 9.77. The molecule has 0 heterocycles. The Morgan fingerprint density at radius 1 is 1.39 bits per heavy atom. The highest BCUT2D eigenvalue weighted by Gasteiger charge is 2.41. The predicted octanol–water partition coefficient (Wildman–Crippen LogP) is 1.85. The lowest BCUT2D eigenvalue weighted by Gasteiger charge is -2.30. The fourth-order valence-corrected chi connectivity index (χ4v) is 2.40. The van der Waals surface area contributed by atoms with Gasteiger partial charge in [-0.2, -0.15) is 0 Å². The third-order valence-corrected chi connectivity index (χ3v) is 3.63. The van der Waals surface area contributed by atoms with Crippen LogP contribution in [0.15, 0.2) is 5.16 Å². The van der Waals surface area contributed by atoms with Crippen LogP contribution in [0.5, 0.6) is 0 Å². The summed E-state index contributed by atoms with van der Waals surface area (Å²) in [6.07, 6.45) is 5.28. The van der Waals surface area contributed by atoms with E-state index in [4.69, 9.17) is 10.9 Å². The first kappa shape index (κ1) is 14.8. The molecule has 0 aliphatic heterocycles. The monoisotopic (exact) mass is 255 g/mol. The minimum absolute atomic E-state index is 0.0412. The van der Waals surface area contributed by atoms with Crippen LogP contribution in [0.2, 0.25) is 0 Å². The maximum absolute atomic E-state index is 12.4. The molecule has 0 bridgehead atoms. The average molecular weight is 255 g/mol. The Morgan fingerprint density at radius 2 is 1.94 bits per heavy atom. The van der Waals surface area contributed by atoms with Crippen molar-refractivity contribution in [3.8, 4) is 0 Å². The molecule has 1 aliphatic carbocycles. The van der Waals surface area contributed by atoms with Gasteiger partial charge in [0, 0.05) is 6.54 Å². The van der Waals surface area contributed by atoms with Gasteiger partial charge in [0.1, 0.15) is 5.41 Å². The Morgan fingerprint density at radius 3 is 2.33 bits per heavy atom. The molecule has 1 fully saturated rings. The molecule has 1 rings (SSSR count). The summed E-state index contributed by atoms with van der Waals surface area (Å²) in [6, 6.07) is 0. The third-order valence-electron chi connectivity index (χ3n) is 3.63. The smallest absolute Gasteiger partial charge is 0.233 e. The summed E-state index contributed by atoms with van der Waals surface area (Å²) in [4.78, 5) is 12.4. The lowest BCUT2D eigenvalue weighted by Crippen LogP contribution is -2.50. The number of carbonyl (C=O) groups is 1. The van der Waals surface area contributed by atoms with Crippen molar-refractivity contribution in [2.24, 2.45) is 22.2 Å². The molecule has 1 amide bonds. The van der Waals surface area contributed by atoms with E-state index >= 15 is 0 Å². The average Bonchev–Trinajstić information content (AvgIpc) is 3.18. The van der Waals surface area contributed by atoms with Crippen molar-refractivity contribution in [1.29, 1.82) is 0 Å². The zero-order chi connectivity index (χ0) is 13.6. The first-order valence-corrected chi connectivity index (χ1v) is 6.87. The number of nitrogens with one attached hydrogen (secondary N) is 1. The summed E-state index contributed by atoms with van der Waals surface area (Å²) in [7, 11) is 0. The van der Waals surface area contributed by atoms with Gasteiger partial charge in [-0.05, 0) is 31.6 Å². The van der Waals surface area contributed by atoms with E-state index in [-0.39, 0.29) is 11.7 Å². The fourth-order valence-electron chi connectivity index (χ4n) is 2.40. The predicted molar refractivity (Wildman–Crippen MR) is 71.4 cm³/mol. The van der Waals surface area contributed by atoms with Crippen molar-refractivity contribution in [2.45, 2.75) is 52.4 Å². The highest BCUT2D eigenvalue weighted by Crippen LogP contribution is 2.32. The summed E-state index contributed by atoms with van der Waals surface area (Å²) in [5.41, 5.74) is 4.95. The summed E-state index contributed by atoms with van der Waals surface area (Å²) >= 11 is 0. The summed E-state index contributed by atoms with van der Waals surface area (Å²) in [6.45, 7) is 4.72. The zero-order valence-electron chi connectivity index (χ0n) is 11.4. The second-order valence-corrected chi connectivity index (χ2v) is 5.22. The molecule has 5 heteroatoms. The largest absolute Gasteiger partial charge is 0.409 e. The van der Waals surface area contributed by atoms with Gasteiger partial charge in [0.25, 0.3) is 0 Å². The van der Waals surface area contributed by atoms with Gasteiger partial charge in [-0.3, -0.25) is 4.79 Å². The van der Waals surface area contributed by atoms with Crippen molar-refractivity contribution < 1.29 is 10.0 Å². The molecule has 0 unspecified atom stereocenters. The molecule has 1 aliphatic rings. The van der Waals surface area contributed by atoms with E-state index in [1.54, 1.807) is 0 Å². The van der Waals surface area contributed by atoms with Crippen LogP contribution in [-0.4, -0.2) is 23.5 Å². The molecule has 1 saturated carbocycles. The van der Waals surface area contributed by atoms with Crippen molar-refractivity contribution in [3.05, 3.63) is 0 Å². The maximum Gasteiger partial charge on any atom is 0.233 e. The normalized spacial score (nSPS) is 16.7. The second kappa shape index (κ2) is 6.61. The molecular weight excluding hydrogens is 230 g/mol. The number of rotatable bonds is 8. The number of nitrogens with two attached hydrogens (primary N) is 1. The molecule has 0 atom stereocenters. The van der Waals surface area contributed by atoms with Crippen LogP contribution in [0.4, 0.5) is 0 Å². The number of carbonyl (C=O) groups excluding carboxylic acids is 1. The van der Waals surface area contributed by atoms with Crippen LogP contribution in [-0.2, 0) is 4.79 Å². The number of oxime groups is 1. The van der Waals surface area contributed by atoms with Crippen molar-refractivity contribution in [1.82, 2.24) is 5.32 Å². The Balaban J connectivity index is 2.79. The van der Waals surface area contributed by atoms with E-state index in [2.05, 4.69) is 10.5 Å². The molecule has 104 valence electrons. The standard InChI is InChI=1S/C13H25N3O2/c1-3-7-13(8-4-2,11(14)16-18)12(17)15-9-10-5-6-10/h10,18H,3-9H2,1-2H3,(H2,14,16)(H,15,17). The van der Waals surface area contributed by atoms with Gasteiger partial charge >= 0.3 is 0 Å². The zero-order valence-corrected chi connectivity index (χ0v) is 11.4. The van der Waals surface area contributed by atoms with Crippen molar-refractivity contribution in [2.75, 3.05) is 6.54 Å². The van der Waals surface area contributed by atoms with E-state index in [1.165, 1.54) is 12.8 Å². The maximum atomic E-state index is 12.4. The van der Waals surface area contributed by atoms with Gasteiger partial charge in [-0.15, -0.1) is 0 Å². The topological polar surface area (TPSA) is 87.7 Å². The van der Waals surface area contributed by atoms with E-state index in [0.717, 1.165) is 12.8 Å². The molecule has 0 radical (unpaired) electrons. The first-order valence-electron chi connectivity index (χ1n) is 6.87. The number of hydrogen-bond acceptors (Lipinski definition) is 3. The highest BCUT2D eigenvalue weighted by molar-refractivity contribution is 6.06. The Labute approximate surface area is 109 Å². The molecule has 0 saturated heterocycles. The molecule has 0 aromatic rings. The molecule has 5 nitrogen and oxygen atoms in total. The number of amides is 1. The lowest BCUT2D eigenvalue weighted by molar-refractivity contribution is -0.128. The molecular formula is C13H25N3O2. The Hall–Kier alpha value is -1.26. The van der Waals surface area contributed by atoms with Gasteiger partial charge in [0.2, 0.25) is 5.91 Å². The molecule has 4 N–H and O–H groups in total. The quantitative estimate of drug-likeness (QED) is 0.268. The third kappa shape index (κ3) is 3.37. The van der Waals surface area contributed by atoms with Crippen LogP contribution in [0, 0.1) is 11.3 Å². The van der Waals surface area contributed by atoms with Crippen LogP contribution < -0.4 is 11.1 Å². The fraction of sp³-hybridized carbons (Fsp3) is 0.846. The Bertz CT molecular complexity index is 305. The van der Waals surface area contributed by atoms with Crippen molar-refractivity contribution >= 4 is 11.7 Å². The van der Waals surface area contributed by atoms with Gasteiger partial charge in [0.15, 0.2) is 5.84 Å². The summed E-state index contributed by atoms with van der Waals surface area (Å²) in [5.74, 6) is 0.579. The van der Waals surface area contributed by atoms with E-state index in [9.17, 15) is 4.79 Å². The van der Waals surface area contributed by atoms with E-state index < -0.39 is 5.41 Å². The van der Waals surface area contributed by atoms with Crippen LogP contribution in [0.3, 0.4) is 0 Å². The first-order chi connectivity index (χ1) is 8.60. The van der Waals surface area contributed by atoms with Gasteiger partial charge in [-0.25, -0.2) is 0 Å². The number of amidine groups is 1. The van der Waals surface area contributed by atoms with E-state index in [0.29, 0.717) is 25.3 Å². The summed E-state index contributed by atoms with van der Waals surface area (Å²) in [5, 5.41) is 15.0. The Kier molecular flexibility index (Phi) is 5.44. The minimum Gasteiger partial charge on any atom is -0.409 e. The van der Waals surface area contributed by atoms with Gasteiger partial charge in [0.05, 0.1) is 0 Å². The number of nitrogens with zero attached hydrogens (tertiary/aromatic N) is 1. The van der Waals surface area contributed by atoms with Gasteiger partial charge < -0.3 is 16.3 Å². The summed E-state index contributed by atoms with van der Waals surface area (Å²) < 4.78 is 0. The minimum atomic E-state index is -0.840. The SMILES string of the molecule is CCCC(CCC)(C(=O)NCC1CC1)C(N)=NO. The highest BCUT2D eigenvalue weighted by atomic mass is 16.4. The molecule has 18 heavy (non-hydrogen) atoms. The molecule has 0 spiro atoms. The van der Waals surface area contributed by atoms with Crippen LogP contribution in [0.25, 0.3) is 0 Å². The van der Waals surface area contributed by atoms with E-state index in [1.807, 2.05) is 13.8 Å². The van der Waals surface area contributed by atoms with Crippen molar-refractivity contribution in [3.63, 3.8) is 0 Å². The number of hydrogen-bond donors (Lipinski definition) is 3. The van der Waals surface area contributed by atoms with Gasteiger partial charge in [-0.1, -0.05) is 31.8 Å². The second-order valence-electron chi connectivity index (χ2n) is 5.22.